The summed E-state index contributed by atoms with van der Waals surface area (Å²) >= 11 is 0. The summed E-state index contributed by atoms with van der Waals surface area (Å²) in [6, 6.07) is 7.21. The topological polar surface area (TPSA) is 76.7 Å². The highest BCUT2D eigenvalue weighted by atomic mass is 16.6. The van der Waals surface area contributed by atoms with Crippen LogP contribution in [-0.4, -0.2) is 24.5 Å². The lowest BCUT2D eigenvalue weighted by atomic mass is 10.0. The number of para-hydroxylation sites is 2. The molecule has 0 spiro atoms. The van der Waals surface area contributed by atoms with Gasteiger partial charge >= 0.3 is 0 Å². The Kier molecular flexibility index (Phi) is 3.59. The van der Waals surface area contributed by atoms with Crippen molar-refractivity contribution in [1.82, 2.24) is 10.9 Å². The molecule has 2 N–H and O–H groups in total. The van der Waals surface area contributed by atoms with E-state index in [2.05, 4.69) is 10.9 Å². The van der Waals surface area contributed by atoms with Crippen molar-refractivity contribution in [3.63, 3.8) is 0 Å². The largest absolute Gasteiger partial charge is 0.485 e. The second kappa shape index (κ2) is 5.76. The lowest BCUT2D eigenvalue weighted by molar-refractivity contribution is -0.135. The lowest BCUT2D eigenvalue weighted by Gasteiger charge is -2.25. The van der Waals surface area contributed by atoms with Crippen LogP contribution in [0.2, 0.25) is 0 Å². The monoisotopic (exact) mass is 316 g/mol. The molecule has 2 fully saturated rings. The van der Waals surface area contributed by atoms with Gasteiger partial charge in [-0.3, -0.25) is 20.4 Å². The fourth-order valence-corrected chi connectivity index (χ4v) is 3.82. The Morgan fingerprint density at radius 3 is 2.35 bits per heavy atom. The molecule has 2 aliphatic carbocycles. The number of rotatable bonds is 2. The van der Waals surface area contributed by atoms with Crippen LogP contribution in [0.4, 0.5) is 0 Å². The van der Waals surface area contributed by atoms with Gasteiger partial charge in [-0.15, -0.1) is 0 Å². The zero-order valence-electron chi connectivity index (χ0n) is 12.8. The Morgan fingerprint density at radius 1 is 0.957 bits per heavy atom. The van der Waals surface area contributed by atoms with E-state index in [9.17, 15) is 9.59 Å². The van der Waals surface area contributed by atoms with Crippen molar-refractivity contribution < 1.29 is 19.1 Å². The van der Waals surface area contributed by atoms with Crippen molar-refractivity contribution in [1.29, 1.82) is 0 Å². The van der Waals surface area contributed by atoms with E-state index in [1.807, 2.05) is 12.1 Å². The zero-order chi connectivity index (χ0) is 15.8. The highest BCUT2D eigenvalue weighted by Gasteiger charge is 2.54. The number of ether oxygens (including phenoxy) is 2. The Labute approximate surface area is 134 Å². The van der Waals surface area contributed by atoms with Gasteiger partial charge < -0.3 is 9.47 Å². The zero-order valence-corrected chi connectivity index (χ0v) is 12.8. The molecule has 6 nitrogen and oxygen atoms in total. The fraction of sp³-hybridized carbons (Fsp3) is 0.529. The predicted octanol–water partition coefficient (Wildman–Crippen LogP) is 1.41. The van der Waals surface area contributed by atoms with Crippen LogP contribution < -0.4 is 20.3 Å². The van der Waals surface area contributed by atoms with Crippen molar-refractivity contribution in [2.45, 2.75) is 31.8 Å². The van der Waals surface area contributed by atoms with Gasteiger partial charge in [-0.25, -0.2) is 0 Å². The number of fused-ring (bicyclic) bond motifs is 2. The van der Waals surface area contributed by atoms with Crippen LogP contribution in [0.25, 0.3) is 0 Å². The molecule has 0 radical (unpaired) electrons. The van der Waals surface area contributed by atoms with Crippen LogP contribution in [0.1, 0.15) is 25.7 Å². The Bertz CT molecular complexity index is 621. The van der Waals surface area contributed by atoms with Gasteiger partial charge in [0.1, 0.15) is 6.61 Å². The van der Waals surface area contributed by atoms with E-state index in [0.717, 1.165) is 12.8 Å². The summed E-state index contributed by atoms with van der Waals surface area (Å²) < 4.78 is 11.1. The molecular formula is C17H20N2O4. The molecule has 3 atom stereocenters. The summed E-state index contributed by atoms with van der Waals surface area (Å²) in [5.41, 5.74) is 5.02. The van der Waals surface area contributed by atoms with Crippen molar-refractivity contribution >= 4 is 11.8 Å². The molecule has 3 aliphatic rings. The summed E-state index contributed by atoms with van der Waals surface area (Å²) in [6.45, 7) is 0.132. The van der Waals surface area contributed by atoms with Gasteiger partial charge in [-0.1, -0.05) is 25.0 Å². The van der Waals surface area contributed by atoms with Gasteiger partial charge in [-0.2, -0.15) is 0 Å². The molecule has 122 valence electrons. The van der Waals surface area contributed by atoms with Gasteiger partial charge in [0.25, 0.3) is 5.91 Å². The third-order valence-corrected chi connectivity index (χ3v) is 5.07. The summed E-state index contributed by atoms with van der Waals surface area (Å²) in [4.78, 5) is 24.3. The average Bonchev–Trinajstić information content (AvgIpc) is 3.33. The number of hydrogen-bond donors (Lipinski definition) is 2. The molecule has 6 heteroatoms. The third-order valence-electron chi connectivity index (χ3n) is 5.07. The summed E-state index contributed by atoms with van der Waals surface area (Å²) in [5.74, 6) is 1.80. The summed E-state index contributed by atoms with van der Waals surface area (Å²) in [6.07, 6.45) is 3.93. The van der Waals surface area contributed by atoms with Crippen LogP contribution in [0.15, 0.2) is 24.3 Å². The third kappa shape index (κ3) is 2.73. The van der Waals surface area contributed by atoms with E-state index in [1.165, 1.54) is 12.8 Å². The maximum Gasteiger partial charge on any atom is 0.283 e. The predicted molar refractivity (Wildman–Crippen MR) is 81.6 cm³/mol. The molecule has 2 amide bonds. The Hall–Kier alpha value is -2.24. The second-order valence-electron chi connectivity index (χ2n) is 6.48. The Balaban J connectivity index is 1.29. The van der Waals surface area contributed by atoms with E-state index < -0.39 is 12.0 Å². The molecule has 1 aromatic rings. The van der Waals surface area contributed by atoms with Crippen LogP contribution in [0, 0.1) is 17.8 Å². The molecular weight excluding hydrogens is 296 g/mol. The number of nitrogens with one attached hydrogen (secondary N) is 2. The van der Waals surface area contributed by atoms with Crippen LogP contribution in [0.5, 0.6) is 11.5 Å². The minimum atomic E-state index is -0.758. The van der Waals surface area contributed by atoms with E-state index in [1.54, 1.807) is 12.1 Å². The van der Waals surface area contributed by atoms with Crippen molar-refractivity contribution in [3.8, 4) is 11.5 Å². The molecule has 0 aromatic heterocycles. The van der Waals surface area contributed by atoms with Crippen LogP contribution in [-0.2, 0) is 9.59 Å². The van der Waals surface area contributed by atoms with Gasteiger partial charge in [-0.05, 0) is 36.8 Å². The quantitative estimate of drug-likeness (QED) is 0.809. The molecule has 2 saturated carbocycles. The fourth-order valence-electron chi connectivity index (χ4n) is 3.82. The van der Waals surface area contributed by atoms with Gasteiger partial charge in [0.2, 0.25) is 12.0 Å². The number of carbonyl (C=O) groups excluding carboxylic acids is 2. The number of amides is 2. The smallest absolute Gasteiger partial charge is 0.283 e. The van der Waals surface area contributed by atoms with Crippen LogP contribution >= 0.6 is 0 Å². The highest BCUT2D eigenvalue weighted by molar-refractivity contribution is 5.87. The summed E-state index contributed by atoms with van der Waals surface area (Å²) in [5, 5.41) is 0. The summed E-state index contributed by atoms with van der Waals surface area (Å²) in [7, 11) is 0. The molecule has 1 aromatic carbocycles. The van der Waals surface area contributed by atoms with Crippen molar-refractivity contribution in [2.24, 2.45) is 17.8 Å². The normalized spacial score (nSPS) is 30.8. The van der Waals surface area contributed by atoms with Gasteiger partial charge in [0.05, 0.1) is 0 Å². The number of hydrazine groups is 1. The SMILES string of the molecule is O=C(NNC(=O)[C@@H]1COc2ccccc2O1)C1[C@@H]2CCCC[C@@H]12. The minimum absolute atomic E-state index is 0.0713. The van der Waals surface area contributed by atoms with E-state index >= 15 is 0 Å². The van der Waals surface area contributed by atoms with Crippen molar-refractivity contribution in [2.75, 3.05) is 6.61 Å². The molecule has 1 heterocycles. The van der Waals surface area contributed by atoms with Gasteiger partial charge in [0, 0.05) is 5.92 Å². The molecule has 0 bridgehead atoms. The number of carbonyl (C=O) groups is 2. The highest BCUT2D eigenvalue weighted by Crippen LogP contribution is 2.55. The maximum atomic E-state index is 12.2. The van der Waals surface area contributed by atoms with E-state index in [-0.39, 0.29) is 18.4 Å². The standard InChI is InChI=1S/C17H20N2O4/c20-16(14-9-22-12-7-3-4-8-13(12)23-14)18-19-17(21)15-10-5-1-2-6-11(10)15/h3-4,7-8,10-11,14-15H,1-2,5-6,9H2,(H,18,20)(H,19,21)/t10-,11-,14+/m1/s1. The maximum absolute atomic E-state index is 12.2. The van der Waals surface area contributed by atoms with Gasteiger partial charge in [0.15, 0.2) is 11.5 Å². The minimum Gasteiger partial charge on any atom is -0.485 e. The molecule has 23 heavy (non-hydrogen) atoms. The molecule has 1 aliphatic heterocycles. The van der Waals surface area contributed by atoms with Crippen molar-refractivity contribution in [3.05, 3.63) is 24.3 Å². The number of benzene rings is 1. The van der Waals surface area contributed by atoms with Crippen LogP contribution in [0.3, 0.4) is 0 Å². The second-order valence-corrected chi connectivity index (χ2v) is 6.48. The lowest BCUT2D eigenvalue weighted by Crippen LogP contribution is -2.51. The first-order valence-corrected chi connectivity index (χ1v) is 8.22. The Morgan fingerprint density at radius 2 is 1.61 bits per heavy atom. The first kappa shape index (κ1) is 14.4. The first-order chi connectivity index (χ1) is 11.2. The first-order valence-electron chi connectivity index (χ1n) is 8.22. The molecule has 0 saturated heterocycles. The van der Waals surface area contributed by atoms with E-state index in [4.69, 9.17) is 9.47 Å². The molecule has 4 rings (SSSR count). The number of hydrogen-bond acceptors (Lipinski definition) is 4. The van der Waals surface area contributed by atoms with E-state index in [0.29, 0.717) is 23.3 Å². The molecule has 0 unspecified atom stereocenters. The average molecular weight is 316 g/mol.